The van der Waals surface area contributed by atoms with E-state index in [1.165, 1.54) is 174 Å². The van der Waals surface area contributed by atoms with E-state index in [0.717, 1.165) is 32.1 Å². The second-order valence-electron chi connectivity index (χ2n) is 14.5. The van der Waals surface area contributed by atoms with Crippen LogP contribution in [0.3, 0.4) is 0 Å². The summed E-state index contributed by atoms with van der Waals surface area (Å²) < 4.78 is 5.60. The lowest BCUT2D eigenvalue weighted by Crippen LogP contribution is -2.38. The average molecular weight is 663 g/mol. The van der Waals surface area contributed by atoms with Crippen LogP contribution in [0.5, 0.6) is 0 Å². The zero-order valence-electron chi connectivity index (χ0n) is 31.2. The molecule has 1 rings (SSSR count). The highest BCUT2D eigenvalue weighted by molar-refractivity contribution is 6.36. The Bertz CT molecular complexity index is 737. The van der Waals surface area contributed by atoms with Gasteiger partial charge in [-0.25, -0.2) is 0 Å². The van der Waals surface area contributed by atoms with Gasteiger partial charge < -0.3 is 20.1 Å². The minimum Gasteiger partial charge on any atom is -0.496 e. The first-order valence-electron chi connectivity index (χ1n) is 20.5. The Hall–Kier alpha value is -1.40. The fourth-order valence-electron chi connectivity index (χ4n) is 6.68. The molecule has 6 heteroatoms. The molecule has 1 unspecified atom stereocenters. The van der Waals surface area contributed by atoms with Crippen molar-refractivity contribution in [3.05, 3.63) is 12.3 Å². The molecule has 1 amide bonds. The number of aliphatic hydroxyl groups excluding tert-OH is 1. The molecule has 1 aliphatic heterocycles. The summed E-state index contributed by atoms with van der Waals surface area (Å²) in [7, 11) is 0. The van der Waals surface area contributed by atoms with Crippen molar-refractivity contribution in [2.75, 3.05) is 32.8 Å². The van der Waals surface area contributed by atoms with E-state index in [4.69, 9.17) is 4.74 Å². The molecule has 0 aromatic rings. The number of ketones is 1. The number of carbonyl (C=O) groups excluding carboxylic acids is 2. The third-order valence-corrected chi connectivity index (χ3v) is 9.87. The topological polar surface area (TPSA) is 78.9 Å². The highest BCUT2D eigenvalue weighted by Crippen LogP contribution is 2.16. The molecule has 0 aromatic heterocycles. The van der Waals surface area contributed by atoms with Crippen LogP contribution in [0, 0.1) is 0 Å². The Balaban J connectivity index is 1.82. The van der Waals surface area contributed by atoms with E-state index in [2.05, 4.69) is 23.7 Å². The second kappa shape index (κ2) is 33.1. The van der Waals surface area contributed by atoms with E-state index in [0.29, 0.717) is 5.76 Å². The Morgan fingerprint density at radius 3 is 1.55 bits per heavy atom. The van der Waals surface area contributed by atoms with Crippen molar-refractivity contribution < 1.29 is 19.4 Å². The number of unbranched alkanes of at least 4 members (excludes halogenated alkanes) is 23. The number of ether oxygens (including phenoxy) is 1. The molecular weight excluding hydrogens is 584 g/mol. The Morgan fingerprint density at radius 2 is 1.06 bits per heavy atom. The zero-order valence-corrected chi connectivity index (χ0v) is 31.2. The number of aliphatic hydroxyl groups is 1. The molecule has 2 N–H and O–H groups in total. The van der Waals surface area contributed by atoms with Crippen LogP contribution in [-0.4, -0.2) is 60.6 Å². The molecule has 1 fully saturated rings. The van der Waals surface area contributed by atoms with Gasteiger partial charge in [-0.1, -0.05) is 161 Å². The third-order valence-electron chi connectivity index (χ3n) is 9.87. The minimum atomic E-state index is -0.848. The van der Waals surface area contributed by atoms with Crippen LogP contribution >= 0.6 is 0 Å². The van der Waals surface area contributed by atoms with Crippen LogP contribution in [0.2, 0.25) is 0 Å². The van der Waals surface area contributed by atoms with Gasteiger partial charge in [0.15, 0.2) is 0 Å². The molecule has 1 saturated heterocycles. The SMILES string of the molecule is C=C(CCCCCCCCCCCCCCCN1CCCCC1)OCC(O)CNC(=O)C(=O)CCCCCCCCCCCCCC. The number of likely N-dealkylation sites (tertiary alicyclic amines) is 1. The number of amides is 1. The van der Waals surface area contributed by atoms with Gasteiger partial charge in [0.1, 0.15) is 12.7 Å². The summed E-state index contributed by atoms with van der Waals surface area (Å²) in [6.07, 6.45) is 36.6. The summed E-state index contributed by atoms with van der Waals surface area (Å²) in [5, 5.41) is 12.7. The molecule has 276 valence electrons. The van der Waals surface area contributed by atoms with Crippen LogP contribution in [0.1, 0.15) is 200 Å². The Morgan fingerprint density at radius 1 is 0.638 bits per heavy atom. The van der Waals surface area contributed by atoms with Crippen molar-refractivity contribution in [3.8, 4) is 0 Å². The summed E-state index contributed by atoms with van der Waals surface area (Å²) in [6, 6.07) is 0. The van der Waals surface area contributed by atoms with Gasteiger partial charge in [-0.2, -0.15) is 0 Å². The molecule has 1 aliphatic rings. The van der Waals surface area contributed by atoms with Crippen LogP contribution in [0.15, 0.2) is 12.3 Å². The number of carbonyl (C=O) groups is 2. The van der Waals surface area contributed by atoms with E-state index in [9.17, 15) is 14.7 Å². The number of nitrogens with one attached hydrogen (secondary N) is 1. The lowest BCUT2D eigenvalue weighted by atomic mass is 10.0. The number of piperidine rings is 1. The van der Waals surface area contributed by atoms with Gasteiger partial charge in [0.2, 0.25) is 5.78 Å². The Labute approximate surface area is 291 Å². The maximum atomic E-state index is 12.1. The van der Waals surface area contributed by atoms with Gasteiger partial charge in [0.25, 0.3) is 5.91 Å². The predicted octanol–water partition coefficient (Wildman–Crippen LogP) is 10.6. The van der Waals surface area contributed by atoms with Crippen molar-refractivity contribution in [2.45, 2.75) is 206 Å². The second-order valence-corrected chi connectivity index (χ2v) is 14.5. The molecule has 0 aromatic carbocycles. The van der Waals surface area contributed by atoms with Gasteiger partial charge in [0, 0.05) is 19.4 Å². The van der Waals surface area contributed by atoms with Crippen LogP contribution < -0.4 is 5.32 Å². The van der Waals surface area contributed by atoms with Gasteiger partial charge in [-0.3, -0.25) is 9.59 Å². The van der Waals surface area contributed by atoms with Gasteiger partial charge in [-0.05, 0) is 51.7 Å². The number of Topliss-reactive ketones (excluding diaryl/α,β-unsaturated/α-hetero) is 1. The normalized spacial score (nSPS) is 14.3. The number of hydrogen-bond donors (Lipinski definition) is 2. The van der Waals surface area contributed by atoms with Crippen molar-refractivity contribution in [1.29, 1.82) is 0 Å². The maximum Gasteiger partial charge on any atom is 0.287 e. The first-order chi connectivity index (χ1) is 23.0. The van der Waals surface area contributed by atoms with Gasteiger partial charge in [0.05, 0.1) is 5.76 Å². The van der Waals surface area contributed by atoms with Crippen molar-refractivity contribution in [2.24, 2.45) is 0 Å². The summed E-state index contributed by atoms with van der Waals surface area (Å²) in [4.78, 5) is 26.9. The molecule has 0 saturated carbocycles. The van der Waals surface area contributed by atoms with E-state index in [1.54, 1.807) is 0 Å². The molecular formula is C41H78N2O4. The smallest absolute Gasteiger partial charge is 0.287 e. The Kier molecular flexibility index (Phi) is 30.7. The molecule has 0 aliphatic carbocycles. The molecule has 1 heterocycles. The average Bonchev–Trinajstić information content (AvgIpc) is 3.08. The molecule has 0 bridgehead atoms. The minimum absolute atomic E-state index is 0.0230. The van der Waals surface area contributed by atoms with Gasteiger partial charge in [-0.15, -0.1) is 0 Å². The predicted molar refractivity (Wildman–Crippen MR) is 200 cm³/mol. The zero-order chi connectivity index (χ0) is 34.0. The summed E-state index contributed by atoms with van der Waals surface area (Å²) in [5.74, 6) is -0.302. The molecule has 1 atom stereocenters. The largest absolute Gasteiger partial charge is 0.496 e. The standard InChI is InChI=1S/C41H78N2O4/c1-3-4-5-6-7-8-9-14-17-20-23-27-32-40(45)41(46)42-36-39(44)37-47-38(2)31-26-22-19-16-13-11-10-12-15-18-21-24-28-33-43-34-29-25-30-35-43/h39,44H,2-37H2,1H3,(H,42,46). The van der Waals surface area contributed by atoms with Crippen molar-refractivity contribution >= 4 is 11.7 Å². The number of hydrogen-bond acceptors (Lipinski definition) is 5. The highest BCUT2D eigenvalue weighted by atomic mass is 16.5. The van der Waals surface area contributed by atoms with E-state index < -0.39 is 17.8 Å². The quantitative estimate of drug-likeness (QED) is 0.0401. The summed E-state index contributed by atoms with van der Waals surface area (Å²) in [5.41, 5.74) is 0. The maximum absolute atomic E-state index is 12.1. The number of rotatable bonds is 35. The van der Waals surface area contributed by atoms with E-state index >= 15 is 0 Å². The number of allylic oxidation sites excluding steroid dienone is 1. The fraction of sp³-hybridized carbons (Fsp3) is 0.902. The highest BCUT2D eigenvalue weighted by Gasteiger charge is 2.15. The summed E-state index contributed by atoms with van der Waals surface area (Å²) in [6.45, 7) is 10.3. The molecule has 0 radical (unpaired) electrons. The van der Waals surface area contributed by atoms with Crippen LogP contribution in [-0.2, 0) is 14.3 Å². The molecule has 0 spiro atoms. The molecule has 47 heavy (non-hydrogen) atoms. The van der Waals surface area contributed by atoms with Crippen LogP contribution in [0.4, 0.5) is 0 Å². The van der Waals surface area contributed by atoms with E-state index in [-0.39, 0.29) is 19.6 Å². The fourth-order valence-corrected chi connectivity index (χ4v) is 6.68. The lowest BCUT2D eigenvalue weighted by Gasteiger charge is -2.26. The van der Waals surface area contributed by atoms with Gasteiger partial charge >= 0.3 is 0 Å². The first kappa shape index (κ1) is 43.6. The summed E-state index contributed by atoms with van der Waals surface area (Å²) >= 11 is 0. The van der Waals surface area contributed by atoms with E-state index in [1.807, 2.05) is 0 Å². The number of nitrogens with zero attached hydrogens (tertiary/aromatic N) is 1. The first-order valence-corrected chi connectivity index (χ1v) is 20.5. The van der Waals surface area contributed by atoms with Crippen molar-refractivity contribution in [3.63, 3.8) is 0 Å². The lowest BCUT2D eigenvalue weighted by molar-refractivity contribution is -0.138. The third kappa shape index (κ3) is 29.3. The van der Waals surface area contributed by atoms with Crippen LogP contribution in [0.25, 0.3) is 0 Å². The monoisotopic (exact) mass is 663 g/mol. The molecule has 6 nitrogen and oxygen atoms in total. The van der Waals surface area contributed by atoms with Crippen molar-refractivity contribution in [1.82, 2.24) is 10.2 Å².